The Labute approximate surface area is 90.0 Å². The van der Waals surface area contributed by atoms with Crippen LogP contribution in [0.5, 0.6) is 0 Å². The Morgan fingerprint density at radius 2 is 1.75 bits per heavy atom. The maximum absolute atomic E-state index is 5.94. The van der Waals surface area contributed by atoms with Crippen molar-refractivity contribution in [3.05, 3.63) is 34.3 Å². The molecule has 1 aliphatic rings. The van der Waals surface area contributed by atoms with E-state index in [1.165, 1.54) is 5.56 Å². The molecule has 1 atom stereocenters. The third-order valence-electron chi connectivity index (χ3n) is 2.10. The van der Waals surface area contributed by atoms with E-state index in [1.807, 2.05) is 12.1 Å². The highest BCUT2D eigenvalue weighted by molar-refractivity contribution is 9.10. The van der Waals surface area contributed by atoms with E-state index in [4.69, 9.17) is 23.2 Å². The fourth-order valence-electron chi connectivity index (χ4n) is 1.27. The lowest BCUT2D eigenvalue weighted by Gasteiger charge is -1.99. The minimum Gasteiger partial charge on any atom is -0.101 e. The fraction of sp³-hybridized carbons (Fsp3) is 0.333. The van der Waals surface area contributed by atoms with Crippen LogP contribution in [0.4, 0.5) is 0 Å². The van der Waals surface area contributed by atoms with Crippen LogP contribution < -0.4 is 0 Å². The Hall–Kier alpha value is 0.280. The van der Waals surface area contributed by atoms with Crippen molar-refractivity contribution in [2.24, 2.45) is 0 Å². The van der Waals surface area contributed by atoms with Crippen LogP contribution in [-0.2, 0) is 0 Å². The van der Waals surface area contributed by atoms with E-state index in [-0.39, 0.29) is 0 Å². The van der Waals surface area contributed by atoms with Crippen LogP contribution in [0, 0.1) is 0 Å². The minimum absolute atomic E-state index is 0.328. The molecule has 1 saturated carbocycles. The molecule has 0 radical (unpaired) electrons. The fourth-order valence-corrected chi connectivity index (χ4v) is 2.09. The van der Waals surface area contributed by atoms with E-state index in [2.05, 4.69) is 28.1 Å². The largest absolute Gasteiger partial charge is 0.125 e. The molecule has 12 heavy (non-hydrogen) atoms. The molecule has 0 amide bonds. The molecule has 1 aliphatic carbocycles. The first-order valence-corrected chi connectivity index (χ1v) is 5.28. The summed E-state index contributed by atoms with van der Waals surface area (Å²) in [7, 11) is 0. The highest BCUT2D eigenvalue weighted by Gasteiger charge is 2.52. The zero-order chi connectivity index (χ0) is 8.77. The lowest BCUT2D eigenvalue weighted by Crippen LogP contribution is -1.88. The van der Waals surface area contributed by atoms with E-state index >= 15 is 0 Å². The van der Waals surface area contributed by atoms with Crippen molar-refractivity contribution in [2.75, 3.05) is 0 Å². The molecule has 0 bridgehead atoms. The van der Waals surface area contributed by atoms with Crippen molar-refractivity contribution in [3.63, 3.8) is 0 Å². The standard InChI is InChI=1S/C9H7BrCl2/c10-7-3-1-6(2-4-7)8-5-9(8,11)12/h1-4,8H,5H2. The number of alkyl halides is 2. The molecule has 0 aliphatic heterocycles. The van der Waals surface area contributed by atoms with Crippen LogP contribution in [0.3, 0.4) is 0 Å². The summed E-state index contributed by atoms with van der Waals surface area (Å²) in [5.74, 6) is 0.328. The lowest BCUT2D eigenvalue weighted by atomic mass is 10.1. The summed E-state index contributed by atoms with van der Waals surface area (Å²) in [4.78, 5) is 0. The molecule has 64 valence electrons. The van der Waals surface area contributed by atoms with Gasteiger partial charge in [-0.2, -0.15) is 0 Å². The maximum atomic E-state index is 5.94. The van der Waals surface area contributed by atoms with Crippen LogP contribution in [0.2, 0.25) is 0 Å². The summed E-state index contributed by atoms with van der Waals surface area (Å²) in [5.41, 5.74) is 1.23. The van der Waals surface area contributed by atoms with Crippen molar-refractivity contribution < 1.29 is 0 Å². The minimum atomic E-state index is -0.506. The molecule has 1 aromatic carbocycles. The van der Waals surface area contributed by atoms with Crippen molar-refractivity contribution >= 4 is 39.1 Å². The highest BCUT2D eigenvalue weighted by Crippen LogP contribution is 2.59. The van der Waals surface area contributed by atoms with Gasteiger partial charge in [0.1, 0.15) is 4.33 Å². The summed E-state index contributed by atoms with van der Waals surface area (Å²) < 4.78 is 0.579. The van der Waals surface area contributed by atoms with Gasteiger partial charge in [0.15, 0.2) is 0 Å². The average Bonchev–Trinajstić information content (AvgIpc) is 2.61. The van der Waals surface area contributed by atoms with Gasteiger partial charge in [-0.25, -0.2) is 0 Å². The van der Waals surface area contributed by atoms with Crippen LogP contribution in [0.25, 0.3) is 0 Å². The van der Waals surface area contributed by atoms with E-state index in [0.29, 0.717) is 5.92 Å². The normalized spacial score (nSPS) is 25.4. The Morgan fingerprint density at radius 3 is 2.17 bits per heavy atom. The van der Waals surface area contributed by atoms with Crippen molar-refractivity contribution in [3.8, 4) is 0 Å². The van der Waals surface area contributed by atoms with Gasteiger partial charge in [0.2, 0.25) is 0 Å². The predicted molar refractivity (Wildman–Crippen MR) is 55.9 cm³/mol. The van der Waals surface area contributed by atoms with Gasteiger partial charge in [-0.3, -0.25) is 0 Å². The monoisotopic (exact) mass is 264 g/mol. The molecular weight excluding hydrogens is 259 g/mol. The number of hydrogen-bond acceptors (Lipinski definition) is 0. The van der Waals surface area contributed by atoms with Gasteiger partial charge in [0.25, 0.3) is 0 Å². The number of halogens is 3. The third-order valence-corrected chi connectivity index (χ3v) is 3.46. The first-order chi connectivity index (χ1) is 5.59. The van der Waals surface area contributed by atoms with E-state index < -0.39 is 4.33 Å². The van der Waals surface area contributed by atoms with Gasteiger partial charge in [-0.05, 0) is 24.1 Å². The Morgan fingerprint density at radius 1 is 1.25 bits per heavy atom. The quantitative estimate of drug-likeness (QED) is 0.671. The second kappa shape index (κ2) is 2.90. The van der Waals surface area contributed by atoms with E-state index in [9.17, 15) is 0 Å². The predicted octanol–water partition coefficient (Wildman–Crippen LogP) is 4.11. The third kappa shape index (κ3) is 1.63. The van der Waals surface area contributed by atoms with Crippen molar-refractivity contribution in [1.82, 2.24) is 0 Å². The van der Waals surface area contributed by atoms with Gasteiger partial charge in [-0.15, -0.1) is 23.2 Å². The van der Waals surface area contributed by atoms with Crippen LogP contribution >= 0.6 is 39.1 Å². The van der Waals surface area contributed by atoms with E-state index in [1.54, 1.807) is 0 Å². The van der Waals surface area contributed by atoms with Crippen molar-refractivity contribution in [2.45, 2.75) is 16.7 Å². The maximum Gasteiger partial charge on any atom is 0.125 e. The van der Waals surface area contributed by atoms with Crippen LogP contribution in [0.15, 0.2) is 28.7 Å². The summed E-state index contributed by atoms with van der Waals surface area (Å²) >= 11 is 15.2. The second-order valence-electron chi connectivity index (χ2n) is 3.07. The van der Waals surface area contributed by atoms with Crippen LogP contribution in [0.1, 0.15) is 17.9 Å². The summed E-state index contributed by atoms with van der Waals surface area (Å²) in [6.07, 6.45) is 0.873. The zero-order valence-corrected chi connectivity index (χ0v) is 9.33. The average molecular weight is 266 g/mol. The van der Waals surface area contributed by atoms with Gasteiger partial charge in [-0.1, -0.05) is 28.1 Å². The molecule has 1 fully saturated rings. The molecule has 3 heteroatoms. The smallest absolute Gasteiger partial charge is 0.101 e. The number of rotatable bonds is 1. The van der Waals surface area contributed by atoms with Crippen molar-refractivity contribution in [1.29, 1.82) is 0 Å². The van der Waals surface area contributed by atoms with Gasteiger partial charge in [0.05, 0.1) is 0 Å². The molecule has 0 nitrogen and oxygen atoms in total. The zero-order valence-electron chi connectivity index (χ0n) is 6.23. The Bertz CT molecular complexity index is 292. The highest BCUT2D eigenvalue weighted by atomic mass is 79.9. The first-order valence-electron chi connectivity index (χ1n) is 3.73. The summed E-state index contributed by atoms with van der Waals surface area (Å²) in [6.45, 7) is 0. The van der Waals surface area contributed by atoms with Crippen LogP contribution in [-0.4, -0.2) is 4.33 Å². The molecule has 0 spiro atoms. The van der Waals surface area contributed by atoms with Gasteiger partial charge >= 0.3 is 0 Å². The van der Waals surface area contributed by atoms with Gasteiger partial charge in [0, 0.05) is 10.4 Å². The van der Waals surface area contributed by atoms with E-state index in [0.717, 1.165) is 10.9 Å². The second-order valence-corrected chi connectivity index (χ2v) is 5.53. The Balaban J connectivity index is 2.21. The molecule has 0 N–H and O–H groups in total. The molecule has 0 aromatic heterocycles. The molecule has 0 heterocycles. The number of hydrogen-bond donors (Lipinski definition) is 0. The topological polar surface area (TPSA) is 0 Å². The molecule has 0 saturated heterocycles. The molecule has 1 unspecified atom stereocenters. The molecule has 1 aromatic rings. The summed E-state index contributed by atoms with van der Waals surface area (Å²) in [6, 6.07) is 8.14. The Kier molecular flexibility index (Phi) is 2.14. The first kappa shape index (κ1) is 8.86. The molecule has 2 rings (SSSR count). The van der Waals surface area contributed by atoms with Gasteiger partial charge < -0.3 is 0 Å². The molecular formula is C9H7BrCl2. The SMILES string of the molecule is ClC1(Cl)CC1c1ccc(Br)cc1. The number of benzene rings is 1. The summed E-state index contributed by atoms with van der Waals surface area (Å²) in [5, 5.41) is 0. The lowest BCUT2D eigenvalue weighted by molar-refractivity contribution is 1.10.